The van der Waals surface area contributed by atoms with Crippen LogP contribution < -0.4 is 14.4 Å². The predicted octanol–water partition coefficient (Wildman–Crippen LogP) is 5.23. The summed E-state index contributed by atoms with van der Waals surface area (Å²) in [5, 5.41) is 0. The zero-order valence-electron chi connectivity index (χ0n) is 21.2. The second-order valence-corrected chi connectivity index (χ2v) is 15.9. The molecule has 2 nitrogen and oxygen atoms in total. The summed E-state index contributed by atoms with van der Waals surface area (Å²) >= 11 is -11.3. The second kappa shape index (κ2) is 14.3. The topological polar surface area (TPSA) is 34.1 Å². The van der Waals surface area contributed by atoms with Crippen LogP contribution in [0.15, 0.2) is 0 Å². The van der Waals surface area contributed by atoms with Crippen molar-refractivity contribution < 1.29 is 94.0 Å². The van der Waals surface area contributed by atoms with Crippen LogP contribution in [-0.2, 0) is 6.21 Å². The van der Waals surface area contributed by atoms with Gasteiger partial charge >= 0.3 is 264 Å². The van der Waals surface area contributed by atoms with Crippen molar-refractivity contribution in [1.29, 1.82) is 0 Å². The van der Waals surface area contributed by atoms with Gasteiger partial charge in [-0.2, -0.15) is 0 Å². The van der Waals surface area contributed by atoms with Crippen LogP contribution in [0.3, 0.4) is 0 Å². The average molecular weight is 955 g/mol. The minimum atomic E-state index is -5.65. The fourth-order valence-electron chi connectivity index (χ4n) is 3.19. The van der Waals surface area contributed by atoms with E-state index in [1.54, 1.807) is 0 Å². The summed E-state index contributed by atoms with van der Waals surface area (Å²) in [6.07, 6.45) is 0. The van der Waals surface area contributed by atoms with Crippen LogP contribution in [0.25, 0.3) is 0 Å². The Bertz CT molecular complexity index is 1680. The molecule has 0 unspecified atom stereocenters. The van der Waals surface area contributed by atoms with Crippen molar-refractivity contribution in [3.8, 4) is 0 Å². The third kappa shape index (κ3) is 6.27. The molecule has 0 amide bonds. The minimum absolute atomic E-state index is 2.11. The average Bonchev–Trinajstić information content (AvgIpc) is 3.05. The van der Waals surface area contributed by atoms with Crippen LogP contribution in [0.4, 0.5) is 87.8 Å². The molecule has 0 heterocycles. The summed E-state index contributed by atoms with van der Waals surface area (Å²) in [5.74, 6) is -52.6. The number of benzene rings is 4. The third-order valence-electron chi connectivity index (χ3n) is 5.42. The van der Waals surface area contributed by atoms with Gasteiger partial charge in [0.1, 0.15) is 0 Å². The molecule has 0 aliphatic rings. The van der Waals surface area contributed by atoms with Crippen molar-refractivity contribution in [2.24, 2.45) is 0 Å². The Morgan fingerprint density at radius 1 is 0.188 bits per heavy atom. The quantitative estimate of drug-likeness (QED) is 0.122. The third-order valence-corrected chi connectivity index (χ3v) is 13.7. The standard InChI is InChI=1S/2C12F10OTe/c2*13-1-3(15)7(19)11(8(20)4(1)16)24(23)12-9(21)5(17)2(14)6(18)10(12)22. The van der Waals surface area contributed by atoms with Crippen molar-refractivity contribution in [2.75, 3.05) is 0 Å². The van der Waals surface area contributed by atoms with E-state index < -0.39 is 170 Å². The van der Waals surface area contributed by atoms with Gasteiger partial charge in [0.15, 0.2) is 0 Å². The Kier molecular flexibility index (Phi) is 11.6. The monoisotopic (exact) mass is 960 g/mol. The second-order valence-electron chi connectivity index (χ2n) is 8.13. The van der Waals surface area contributed by atoms with Gasteiger partial charge < -0.3 is 0 Å². The van der Waals surface area contributed by atoms with Crippen molar-refractivity contribution >= 4 is 53.5 Å². The SMILES string of the molecule is O=[Te](c1c(F)c(F)c(F)c(F)c1F)c1c(F)c(F)c(F)c(F)c1F.O=[Te](c1c(F)c(F)c(F)c(F)c1F)c1c(F)c(F)c(F)c(F)c1F. The molecule has 48 heavy (non-hydrogen) atoms. The van der Waals surface area contributed by atoms with Crippen molar-refractivity contribution in [2.45, 2.75) is 0 Å². The molecule has 0 bridgehead atoms. The van der Waals surface area contributed by atoms with E-state index >= 15 is 0 Å². The molecule has 0 aromatic heterocycles. The molecule has 4 aromatic carbocycles. The van der Waals surface area contributed by atoms with E-state index in [4.69, 9.17) is 0 Å². The summed E-state index contributed by atoms with van der Waals surface area (Å²) in [7, 11) is 0. The Balaban J connectivity index is 0.000000260. The van der Waals surface area contributed by atoms with E-state index in [-0.39, 0.29) is 0 Å². The molecule has 0 fully saturated rings. The van der Waals surface area contributed by atoms with Crippen molar-refractivity contribution in [3.05, 3.63) is 116 Å². The fraction of sp³-hybridized carbons (Fsp3) is 0. The molecule has 0 saturated heterocycles. The number of halogens is 20. The maximum atomic E-state index is 13.5. The maximum absolute atomic E-state index is 13.5. The van der Waals surface area contributed by atoms with Crippen LogP contribution in [0, 0.1) is 116 Å². The van der Waals surface area contributed by atoms with Gasteiger partial charge in [0.2, 0.25) is 0 Å². The normalized spacial score (nSPS) is 11.5. The first-order valence-corrected chi connectivity index (χ1v) is 17.5. The molecule has 0 aliphatic carbocycles. The van der Waals surface area contributed by atoms with Crippen LogP contribution in [-0.4, -0.2) is 39.1 Å². The van der Waals surface area contributed by atoms with E-state index in [1.165, 1.54) is 0 Å². The summed E-state index contributed by atoms with van der Waals surface area (Å²) in [5.41, 5.74) is 0. The Morgan fingerprint density at radius 2 is 0.271 bits per heavy atom. The van der Waals surface area contributed by atoms with E-state index in [2.05, 4.69) is 0 Å². The van der Waals surface area contributed by atoms with Gasteiger partial charge in [-0.25, -0.2) is 0 Å². The molecule has 0 radical (unpaired) electrons. The zero-order chi connectivity index (χ0) is 37.0. The number of rotatable bonds is 4. The molecule has 24 heteroatoms. The predicted molar refractivity (Wildman–Crippen MR) is 116 cm³/mol. The van der Waals surface area contributed by atoms with Gasteiger partial charge in [0, 0.05) is 0 Å². The van der Waals surface area contributed by atoms with Gasteiger partial charge in [-0.05, 0) is 0 Å². The summed E-state index contributed by atoms with van der Waals surface area (Å²) < 4.78 is 279. The first kappa shape index (κ1) is 39.1. The van der Waals surface area contributed by atoms with Crippen LogP contribution in [0.1, 0.15) is 0 Å². The molecule has 4 rings (SSSR count). The molecule has 260 valence electrons. The van der Waals surface area contributed by atoms with Gasteiger partial charge in [0.25, 0.3) is 0 Å². The van der Waals surface area contributed by atoms with E-state index in [1.807, 2.05) is 0 Å². The van der Waals surface area contributed by atoms with E-state index in [9.17, 15) is 94.0 Å². The molecule has 4 aromatic rings. The number of hydrogen-bond donors (Lipinski definition) is 0. The first-order chi connectivity index (χ1) is 22.0. The van der Waals surface area contributed by atoms with Gasteiger partial charge in [-0.1, -0.05) is 0 Å². The molecule has 0 atom stereocenters. The molecular formula is C24F20O2Te2. The summed E-state index contributed by atoms with van der Waals surface area (Å²) in [4.78, 5) is 0. The van der Waals surface area contributed by atoms with Crippen molar-refractivity contribution in [1.82, 2.24) is 0 Å². The summed E-state index contributed by atoms with van der Waals surface area (Å²) in [6, 6.07) is 0. The fourth-order valence-corrected chi connectivity index (χ4v) is 10.1. The van der Waals surface area contributed by atoms with Gasteiger partial charge in [-0.15, -0.1) is 0 Å². The Labute approximate surface area is 263 Å². The van der Waals surface area contributed by atoms with Crippen LogP contribution in [0.2, 0.25) is 0 Å². The Morgan fingerprint density at radius 3 is 0.375 bits per heavy atom. The molecule has 0 spiro atoms. The molecule has 0 saturated carbocycles. The molecule has 0 aliphatic heterocycles. The van der Waals surface area contributed by atoms with E-state index in [0.717, 1.165) is 0 Å². The number of hydrogen-bond acceptors (Lipinski definition) is 2. The van der Waals surface area contributed by atoms with Gasteiger partial charge in [-0.3, -0.25) is 0 Å². The van der Waals surface area contributed by atoms with Crippen molar-refractivity contribution in [3.63, 3.8) is 0 Å². The van der Waals surface area contributed by atoms with E-state index in [0.29, 0.717) is 0 Å². The van der Waals surface area contributed by atoms with Crippen LogP contribution >= 0.6 is 0 Å². The zero-order valence-corrected chi connectivity index (χ0v) is 25.9. The Hall–Kier alpha value is -3.34. The van der Waals surface area contributed by atoms with Crippen LogP contribution in [0.5, 0.6) is 0 Å². The molecular weight excluding hydrogens is 955 g/mol. The van der Waals surface area contributed by atoms with Gasteiger partial charge in [0.05, 0.1) is 0 Å². The molecule has 0 N–H and O–H groups in total. The first-order valence-electron chi connectivity index (χ1n) is 10.9. The summed E-state index contributed by atoms with van der Waals surface area (Å²) in [6.45, 7) is 0.